The molecule has 1 heterocycles. The largest absolute Gasteiger partial charge is 0.497 e. The number of guanidine groups is 1. The fourth-order valence-corrected chi connectivity index (χ4v) is 3.49. The number of hydrogen-bond acceptors (Lipinski definition) is 3. The lowest BCUT2D eigenvalue weighted by molar-refractivity contribution is 0.0531. The Balaban J connectivity index is 0.00000261. The molecule has 7 heteroatoms. The highest BCUT2D eigenvalue weighted by Gasteiger charge is 2.34. The number of aliphatic imine (C=N–C) groups is 1. The number of anilines is 1. The molecule has 5 nitrogen and oxygen atoms in total. The fourth-order valence-electron chi connectivity index (χ4n) is 3.23. The van der Waals surface area contributed by atoms with Gasteiger partial charge in [-0.05, 0) is 42.7 Å². The molecule has 0 radical (unpaired) electrons. The maximum atomic E-state index is 6.13. The summed E-state index contributed by atoms with van der Waals surface area (Å²) < 4.78 is 11.9. The quantitative estimate of drug-likeness (QED) is 0.328. The van der Waals surface area contributed by atoms with Crippen molar-refractivity contribution < 1.29 is 9.47 Å². The summed E-state index contributed by atoms with van der Waals surface area (Å²) in [5.41, 5.74) is 8.23. The molecule has 0 amide bonds. The second kappa shape index (κ2) is 10.3. The van der Waals surface area contributed by atoms with Crippen molar-refractivity contribution in [3.05, 3.63) is 58.6 Å². The average molecular weight is 546 g/mol. The molecular weight excluding hydrogens is 521 g/mol. The van der Waals surface area contributed by atoms with Crippen LogP contribution in [0.4, 0.5) is 5.69 Å². The Bertz CT molecular complexity index is 762. The van der Waals surface area contributed by atoms with E-state index in [0.717, 1.165) is 42.0 Å². The summed E-state index contributed by atoms with van der Waals surface area (Å²) in [5, 5.41) is 3.14. The van der Waals surface area contributed by atoms with Crippen molar-refractivity contribution >= 4 is 51.6 Å². The first-order valence-electron chi connectivity index (χ1n) is 8.66. The van der Waals surface area contributed by atoms with E-state index in [4.69, 9.17) is 15.2 Å². The van der Waals surface area contributed by atoms with Crippen LogP contribution in [-0.4, -0.2) is 32.8 Å². The van der Waals surface area contributed by atoms with Crippen LogP contribution in [0.3, 0.4) is 0 Å². The molecule has 3 N–H and O–H groups in total. The van der Waals surface area contributed by atoms with Gasteiger partial charge in [0.1, 0.15) is 5.75 Å². The van der Waals surface area contributed by atoms with Crippen molar-refractivity contribution in [3.8, 4) is 5.75 Å². The second-order valence-corrected chi connectivity index (χ2v) is 7.37. The van der Waals surface area contributed by atoms with Crippen molar-refractivity contribution in [1.82, 2.24) is 0 Å². The van der Waals surface area contributed by atoms with Crippen LogP contribution in [-0.2, 0) is 10.2 Å². The number of ether oxygens (including phenoxy) is 2. The molecule has 2 aromatic rings. The summed E-state index contributed by atoms with van der Waals surface area (Å²) in [5.74, 6) is 1.18. The van der Waals surface area contributed by atoms with Crippen molar-refractivity contribution in [2.24, 2.45) is 10.7 Å². The lowest BCUT2D eigenvalue weighted by atomic mass is 9.74. The molecule has 27 heavy (non-hydrogen) atoms. The van der Waals surface area contributed by atoms with E-state index >= 15 is 0 Å². The van der Waals surface area contributed by atoms with Gasteiger partial charge in [-0.2, -0.15) is 0 Å². The van der Waals surface area contributed by atoms with Gasteiger partial charge in [0.15, 0.2) is 5.96 Å². The van der Waals surface area contributed by atoms with E-state index in [1.54, 1.807) is 7.11 Å². The van der Waals surface area contributed by atoms with Crippen LogP contribution < -0.4 is 15.8 Å². The van der Waals surface area contributed by atoms with Crippen LogP contribution in [0, 0.1) is 0 Å². The smallest absolute Gasteiger partial charge is 0.193 e. The van der Waals surface area contributed by atoms with Gasteiger partial charge in [0.2, 0.25) is 0 Å². The van der Waals surface area contributed by atoms with Gasteiger partial charge in [0.05, 0.1) is 13.7 Å². The normalized spacial score (nSPS) is 16.3. The summed E-state index contributed by atoms with van der Waals surface area (Å²) in [6.07, 6.45) is 1.87. The van der Waals surface area contributed by atoms with Gasteiger partial charge in [-0.15, -0.1) is 24.0 Å². The highest BCUT2D eigenvalue weighted by atomic mass is 127. The fraction of sp³-hybridized carbons (Fsp3) is 0.350. The van der Waals surface area contributed by atoms with E-state index < -0.39 is 0 Å². The van der Waals surface area contributed by atoms with Crippen LogP contribution in [0.5, 0.6) is 5.75 Å². The lowest BCUT2D eigenvalue weighted by Gasteiger charge is -2.36. The Kier molecular flexibility index (Phi) is 8.37. The summed E-state index contributed by atoms with van der Waals surface area (Å²) in [6.45, 7) is 2.12. The molecule has 0 atom stereocenters. The third-order valence-electron chi connectivity index (χ3n) is 4.80. The summed E-state index contributed by atoms with van der Waals surface area (Å²) in [6, 6.07) is 16.1. The van der Waals surface area contributed by atoms with Crippen LogP contribution in [0.2, 0.25) is 0 Å². The molecule has 3 rings (SSSR count). The SMILES string of the molecule is COc1cccc(NC(N)=NCC2(c3ccc(Br)cc3)CCOCC2)c1.I. The molecule has 1 saturated heterocycles. The van der Waals surface area contributed by atoms with Crippen molar-refractivity contribution in [1.29, 1.82) is 0 Å². The molecule has 1 aliphatic rings. The molecule has 0 spiro atoms. The first-order chi connectivity index (χ1) is 12.6. The Morgan fingerprint density at radius 3 is 2.59 bits per heavy atom. The molecule has 1 aliphatic heterocycles. The number of benzene rings is 2. The zero-order valence-electron chi connectivity index (χ0n) is 15.3. The van der Waals surface area contributed by atoms with Gasteiger partial charge in [-0.1, -0.05) is 34.1 Å². The number of nitrogens with one attached hydrogen (secondary N) is 1. The molecule has 0 aromatic heterocycles. The molecular formula is C20H25BrIN3O2. The molecule has 0 aliphatic carbocycles. The first-order valence-corrected chi connectivity index (χ1v) is 9.45. The van der Waals surface area contributed by atoms with E-state index in [9.17, 15) is 0 Å². The van der Waals surface area contributed by atoms with E-state index in [-0.39, 0.29) is 29.4 Å². The zero-order chi connectivity index (χ0) is 18.4. The lowest BCUT2D eigenvalue weighted by Crippen LogP contribution is -2.38. The maximum Gasteiger partial charge on any atom is 0.193 e. The molecule has 0 unspecified atom stereocenters. The Morgan fingerprint density at radius 2 is 1.93 bits per heavy atom. The van der Waals surface area contributed by atoms with E-state index in [1.165, 1.54) is 5.56 Å². The second-order valence-electron chi connectivity index (χ2n) is 6.46. The molecule has 2 aromatic carbocycles. The van der Waals surface area contributed by atoms with Crippen LogP contribution >= 0.6 is 39.9 Å². The third kappa shape index (κ3) is 5.83. The number of methoxy groups -OCH3 is 1. The number of nitrogens with zero attached hydrogens (tertiary/aromatic N) is 1. The summed E-state index contributed by atoms with van der Waals surface area (Å²) in [4.78, 5) is 4.64. The predicted octanol–water partition coefficient (Wildman–Crippen LogP) is 4.55. The monoisotopic (exact) mass is 545 g/mol. The topological polar surface area (TPSA) is 68.9 Å². The number of hydrogen-bond donors (Lipinski definition) is 2. The third-order valence-corrected chi connectivity index (χ3v) is 5.33. The minimum Gasteiger partial charge on any atom is -0.497 e. The van der Waals surface area contributed by atoms with Crippen LogP contribution in [0.15, 0.2) is 58.0 Å². The van der Waals surface area contributed by atoms with Gasteiger partial charge < -0.3 is 20.5 Å². The van der Waals surface area contributed by atoms with Gasteiger partial charge in [0.25, 0.3) is 0 Å². The molecule has 0 saturated carbocycles. The summed E-state index contributed by atoms with van der Waals surface area (Å²) in [7, 11) is 1.64. The average Bonchev–Trinajstić information content (AvgIpc) is 2.68. The first kappa shape index (κ1) is 22.0. The summed E-state index contributed by atoms with van der Waals surface area (Å²) >= 11 is 3.51. The number of halogens is 2. The van der Waals surface area contributed by atoms with Crippen molar-refractivity contribution in [2.45, 2.75) is 18.3 Å². The maximum absolute atomic E-state index is 6.13. The zero-order valence-corrected chi connectivity index (χ0v) is 19.2. The highest BCUT2D eigenvalue weighted by molar-refractivity contribution is 14.0. The molecule has 1 fully saturated rings. The molecule has 0 bridgehead atoms. The van der Waals surface area contributed by atoms with Gasteiger partial charge >= 0.3 is 0 Å². The predicted molar refractivity (Wildman–Crippen MR) is 124 cm³/mol. The Morgan fingerprint density at radius 1 is 1.22 bits per heavy atom. The van der Waals surface area contributed by atoms with E-state index in [0.29, 0.717) is 12.5 Å². The van der Waals surface area contributed by atoms with Gasteiger partial charge in [-0.3, -0.25) is 4.99 Å². The molecule has 146 valence electrons. The number of rotatable bonds is 5. The Hall–Kier alpha value is -1.32. The standard InChI is InChI=1S/C20H24BrN3O2.HI/c1-25-18-4-2-3-17(13-18)24-19(22)23-14-20(9-11-26-12-10-20)15-5-7-16(21)8-6-15;/h2-8,13H,9-12,14H2,1H3,(H3,22,23,24);1H. The number of nitrogens with two attached hydrogens (primary N) is 1. The van der Waals surface area contributed by atoms with E-state index in [1.807, 2.05) is 24.3 Å². The minimum absolute atomic E-state index is 0. The minimum atomic E-state index is -0.0420. The van der Waals surface area contributed by atoms with Crippen molar-refractivity contribution in [2.75, 3.05) is 32.2 Å². The van der Waals surface area contributed by atoms with E-state index in [2.05, 4.69) is 50.5 Å². The van der Waals surface area contributed by atoms with Crippen molar-refractivity contribution in [3.63, 3.8) is 0 Å². The van der Waals surface area contributed by atoms with Crippen LogP contribution in [0.25, 0.3) is 0 Å². The van der Waals surface area contributed by atoms with Gasteiger partial charge in [0, 0.05) is 34.9 Å². The Labute approximate surface area is 185 Å². The highest BCUT2D eigenvalue weighted by Crippen LogP contribution is 2.35. The van der Waals surface area contributed by atoms with Crippen LogP contribution in [0.1, 0.15) is 18.4 Å². The van der Waals surface area contributed by atoms with Gasteiger partial charge in [-0.25, -0.2) is 0 Å².